The maximum absolute atomic E-state index is 12.4. The summed E-state index contributed by atoms with van der Waals surface area (Å²) >= 11 is 0. The SMILES string of the molecule is CNC(=O)N1CCN(CC(=O)Nc2c(C)cccc2C(C)C)CC1. The van der Waals surface area contributed by atoms with Crippen LogP contribution in [0.4, 0.5) is 10.5 Å². The zero-order valence-electron chi connectivity index (χ0n) is 15.1. The Labute approximate surface area is 144 Å². The summed E-state index contributed by atoms with van der Waals surface area (Å²) < 4.78 is 0. The van der Waals surface area contributed by atoms with Gasteiger partial charge in [0.15, 0.2) is 0 Å². The van der Waals surface area contributed by atoms with Gasteiger partial charge in [-0.3, -0.25) is 9.69 Å². The van der Waals surface area contributed by atoms with Gasteiger partial charge in [-0.25, -0.2) is 4.79 Å². The maximum Gasteiger partial charge on any atom is 0.317 e. The average molecular weight is 332 g/mol. The van der Waals surface area contributed by atoms with E-state index in [1.165, 1.54) is 0 Å². The van der Waals surface area contributed by atoms with Crippen LogP contribution in [0.15, 0.2) is 18.2 Å². The summed E-state index contributed by atoms with van der Waals surface area (Å²) in [6.07, 6.45) is 0. The lowest BCUT2D eigenvalue weighted by molar-refractivity contribution is -0.117. The van der Waals surface area contributed by atoms with Gasteiger partial charge in [0.1, 0.15) is 0 Å². The van der Waals surface area contributed by atoms with Crippen LogP contribution >= 0.6 is 0 Å². The second-order valence-electron chi connectivity index (χ2n) is 6.56. The van der Waals surface area contributed by atoms with Gasteiger partial charge in [-0.15, -0.1) is 0 Å². The van der Waals surface area contributed by atoms with Gasteiger partial charge < -0.3 is 15.5 Å². The van der Waals surface area contributed by atoms with E-state index < -0.39 is 0 Å². The largest absolute Gasteiger partial charge is 0.341 e. The minimum Gasteiger partial charge on any atom is -0.341 e. The molecule has 1 aromatic carbocycles. The van der Waals surface area contributed by atoms with Gasteiger partial charge in [-0.05, 0) is 24.0 Å². The Morgan fingerprint density at radius 1 is 1.17 bits per heavy atom. The van der Waals surface area contributed by atoms with Crippen LogP contribution in [0.25, 0.3) is 0 Å². The van der Waals surface area contributed by atoms with E-state index in [9.17, 15) is 9.59 Å². The second kappa shape index (κ2) is 8.15. The van der Waals surface area contributed by atoms with Crippen LogP contribution in [0.3, 0.4) is 0 Å². The molecule has 0 saturated carbocycles. The summed E-state index contributed by atoms with van der Waals surface area (Å²) in [5.41, 5.74) is 3.17. The smallest absolute Gasteiger partial charge is 0.317 e. The molecule has 1 aliphatic rings. The minimum absolute atomic E-state index is 0.000377. The number of hydrogen-bond donors (Lipinski definition) is 2. The number of urea groups is 1. The summed E-state index contributed by atoms with van der Waals surface area (Å²) in [6, 6.07) is 6.05. The molecule has 6 nitrogen and oxygen atoms in total. The van der Waals surface area contributed by atoms with Crippen LogP contribution < -0.4 is 10.6 Å². The van der Waals surface area contributed by atoms with E-state index >= 15 is 0 Å². The van der Waals surface area contributed by atoms with Gasteiger partial charge >= 0.3 is 6.03 Å². The zero-order valence-corrected chi connectivity index (χ0v) is 15.1. The van der Waals surface area contributed by atoms with Crippen molar-refractivity contribution in [2.75, 3.05) is 45.1 Å². The Kier molecular flexibility index (Phi) is 6.20. The third-order valence-electron chi connectivity index (χ3n) is 4.43. The molecule has 0 bridgehead atoms. The average Bonchev–Trinajstić information content (AvgIpc) is 2.56. The van der Waals surface area contributed by atoms with E-state index in [0.717, 1.165) is 16.8 Å². The molecule has 24 heavy (non-hydrogen) atoms. The molecule has 1 aliphatic heterocycles. The summed E-state index contributed by atoms with van der Waals surface area (Å²) in [5, 5.41) is 5.71. The van der Waals surface area contributed by atoms with E-state index in [2.05, 4.69) is 35.4 Å². The van der Waals surface area contributed by atoms with E-state index in [0.29, 0.717) is 38.6 Å². The van der Waals surface area contributed by atoms with Gasteiger partial charge in [0, 0.05) is 38.9 Å². The first-order valence-electron chi connectivity index (χ1n) is 8.50. The van der Waals surface area contributed by atoms with Gasteiger partial charge in [-0.2, -0.15) is 0 Å². The first-order valence-corrected chi connectivity index (χ1v) is 8.50. The van der Waals surface area contributed by atoms with Crippen LogP contribution in [0.2, 0.25) is 0 Å². The predicted molar refractivity (Wildman–Crippen MR) is 96.4 cm³/mol. The van der Waals surface area contributed by atoms with Crippen molar-refractivity contribution >= 4 is 17.6 Å². The minimum atomic E-state index is -0.0550. The van der Waals surface area contributed by atoms with Crippen LogP contribution in [0, 0.1) is 6.92 Å². The number of carbonyl (C=O) groups excluding carboxylic acids is 2. The number of piperazine rings is 1. The number of benzene rings is 1. The van der Waals surface area contributed by atoms with Crippen molar-refractivity contribution in [3.05, 3.63) is 29.3 Å². The Bertz CT molecular complexity index is 593. The number of carbonyl (C=O) groups is 2. The molecule has 1 fully saturated rings. The number of rotatable bonds is 4. The Morgan fingerprint density at radius 2 is 1.83 bits per heavy atom. The first kappa shape index (κ1) is 18.3. The highest BCUT2D eigenvalue weighted by molar-refractivity contribution is 5.94. The summed E-state index contributed by atoms with van der Waals surface area (Å²) in [7, 11) is 1.64. The number of amides is 3. The van der Waals surface area contributed by atoms with Crippen LogP contribution in [-0.2, 0) is 4.79 Å². The standard InChI is InChI=1S/C18H28N4O2/c1-13(2)15-7-5-6-14(3)17(15)20-16(23)12-21-8-10-22(11-9-21)18(24)19-4/h5-7,13H,8-12H2,1-4H3,(H,19,24)(H,20,23). The van der Waals surface area contributed by atoms with Crippen molar-refractivity contribution in [2.45, 2.75) is 26.7 Å². The van der Waals surface area contributed by atoms with Crippen molar-refractivity contribution in [2.24, 2.45) is 0 Å². The highest BCUT2D eigenvalue weighted by Gasteiger charge is 2.22. The van der Waals surface area contributed by atoms with Crippen LogP contribution in [0.1, 0.15) is 30.9 Å². The van der Waals surface area contributed by atoms with E-state index in [-0.39, 0.29) is 11.9 Å². The number of nitrogens with one attached hydrogen (secondary N) is 2. The molecule has 2 rings (SSSR count). The van der Waals surface area contributed by atoms with Gasteiger partial charge in [0.25, 0.3) is 0 Å². The molecule has 132 valence electrons. The Hall–Kier alpha value is -2.08. The molecule has 1 aromatic rings. The van der Waals surface area contributed by atoms with Crippen molar-refractivity contribution in [1.82, 2.24) is 15.1 Å². The number of hydrogen-bond acceptors (Lipinski definition) is 3. The fraction of sp³-hybridized carbons (Fsp3) is 0.556. The number of nitrogens with zero attached hydrogens (tertiary/aromatic N) is 2. The van der Waals surface area contributed by atoms with Crippen LogP contribution in [0.5, 0.6) is 0 Å². The number of aryl methyl sites for hydroxylation is 1. The molecule has 0 aromatic heterocycles. The van der Waals surface area contributed by atoms with Crippen LogP contribution in [-0.4, -0.2) is 61.5 Å². The summed E-state index contributed by atoms with van der Waals surface area (Å²) in [4.78, 5) is 27.9. The third-order valence-corrected chi connectivity index (χ3v) is 4.43. The fourth-order valence-corrected chi connectivity index (χ4v) is 2.99. The summed E-state index contributed by atoms with van der Waals surface area (Å²) in [6.45, 7) is 9.35. The molecule has 1 heterocycles. The fourth-order valence-electron chi connectivity index (χ4n) is 2.99. The van der Waals surface area contributed by atoms with Crippen molar-refractivity contribution in [3.63, 3.8) is 0 Å². The molecule has 0 atom stereocenters. The molecule has 3 amide bonds. The zero-order chi connectivity index (χ0) is 17.7. The highest BCUT2D eigenvalue weighted by Crippen LogP contribution is 2.27. The third kappa shape index (κ3) is 4.47. The Balaban J connectivity index is 1.92. The molecule has 0 aliphatic carbocycles. The van der Waals surface area contributed by atoms with E-state index in [1.54, 1.807) is 11.9 Å². The lowest BCUT2D eigenvalue weighted by Gasteiger charge is -2.34. The molecule has 0 spiro atoms. The van der Waals surface area contributed by atoms with Gasteiger partial charge in [-0.1, -0.05) is 32.0 Å². The van der Waals surface area contributed by atoms with Crippen molar-refractivity contribution in [1.29, 1.82) is 0 Å². The highest BCUT2D eigenvalue weighted by atomic mass is 16.2. The second-order valence-corrected chi connectivity index (χ2v) is 6.56. The monoisotopic (exact) mass is 332 g/mol. The molecule has 2 N–H and O–H groups in total. The number of anilines is 1. The molecule has 0 radical (unpaired) electrons. The molecule has 0 unspecified atom stereocenters. The van der Waals surface area contributed by atoms with Gasteiger partial charge in [0.2, 0.25) is 5.91 Å². The molecule has 6 heteroatoms. The quantitative estimate of drug-likeness (QED) is 0.886. The Morgan fingerprint density at radius 3 is 2.42 bits per heavy atom. The predicted octanol–water partition coefficient (Wildman–Crippen LogP) is 2.01. The lowest BCUT2D eigenvalue weighted by atomic mass is 9.98. The van der Waals surface area contributed by atoms with Gasteiger partial charge in [0.05, 0.1) is 6.54 Å². The van der Waals surface area contributed by atoms with E-state index in [4.69, 9.17) is 0 Å². The maximum atomic E-state index is 12.4. The molecule has 1 saturated heterocycles. The van der Waals surface area contributed by atoms with Crippen molar-refractivity contribution < 1.29 is 9.59 Å². The van der Waals surface area contributed by atoms with Crippen molar-refractivity contribution in [3.8, 4) is 0 Å². The molecular weight excluding hydrogens is 304 g/mol. The summed E-state index contributed by atoms with van der Waals surface area (Å²) in [5.74, 6) is 0.357. The normalized spacial score (nSPS) is 15.5. The number of para-hydroxylation sites is 1. The van der Waals surface area contributed by atoms with E-state index in [1.807, 2.05) is 19.1 Å². The lowest BCUT2D eigenvalue weighted by Crippen LogP contribution is -2.52. The topological polar surface area (TPSA) is 64.7 Å². The molecular formula is C18H28N4O2. The first-order chi connectivity index (χ1) is 11.4.